The van der Waals surface area contributed by atoms with Crippen LogP contribution in [0, 0.1) is 25.2 Å². The van der Waals surface area contributed by atoms with Crippen molar-refractivity contribution in [3.05, 3.63) is 46.3 Å². The van der Waals surface area contributed by atoms with Gasteiger partial charge in [-0.3, -0.25) is 4.79 Å². The van der Waals surface area contributed by atoms with Crippen LogP contribution < -0.4 is 9.47 Å². The predicted octanol–water partition coefficient (Wildman–Crippen LogP) is 3.34. The van der Waals surface area contributed by atoms with E-state index < -0.39 is 12.1 Å². The van der Waals surface area contributed by atoms with Gasteiger partial charge in [0.2, 0.25) is 5.78 Å². The summed E-state index contributed by atoms with van der Waals surface area (Å²) in [7, 11) is 1.46. The number of carbonyl (C=O) groups is 2. The average molecular weight is 370 g/mol. The van der Waals surface area contributed by atoms with Gasteiger partial charge in [-0.25, -0.2) is 4.79 Å². The summed E-state index contributed by atoms with van der Waals surface area (Å²) in [6.07, 6.45) is -0.835. The third-order valence-electron chi connectivity index (χ3n) is 4.13. The van der Waals surface area contributed by atoms with Gasteiger partial charge >= 0.3 is 5.97 Å². The highest BCUT2D eigenvalue weighted by molar-refractivity contribution is 6.03. The van der Waals surface area contributed by atoms with Crippen molar-refractivity contribution in [3.8, 4) is 17.6 Å². The van der Waals surface area contributed by atoms with Crippen molar-refractivity contribution in [1.29, 1.82) is 5.26 Å². The fourth-order valence-corrected chi connectivity index (χ4v) is 2.79. The summed E-state index contributed by atoms with van der Waals surface area (Å²) in [6, 6.07) is 6.72. The van der Waals surface area contributed by atoms with Gasteiger partial charge in [0.25, 0.3) is 0 Å². The molecule has 0 saturated carbocycles. The van der Waals surface area contributed by atoms with Gasteiger partial charge in [-0.1, -0.05) is 0 Å². The van der Waals surface area contributed by atoms with Crippen LogP contribution >= 0.6 is 0 Å². The number of aromatic nitrogens is 1. The molecule has 1 aromatic heterocycles. The lowest BCUT2D eigenvalue weighted by atomic mass is 10.1. The number of Topliss-reactive ketones (excluding diaryl/α,β-unsaturated/α-hetero) is 1. The molecule has 27 heavy (non-hydrogen) atoms. The summed E-state index contributed by atoms with van der Waals surface area (Å²) >= 11 is 0. The van der Waals surface area contributed by atoms with E-state index in [0.717, 1.165) is 0 Å². The van der Waals surface area contributed by atoms with E-state index in [4.69, 9.17) is 19.5 Å². The Morgan fingerprint density at radius 1 is 1.26 bits per heavy atom. The third-order valence-corrected chi connectivity index (χ3v) is 4.13. The minimum Gasteiger partial charge on any atom is -0.493 e. The SMILES string of the molecule is CCOC(=O)c1c(C)[nH]c(C(=O)C(C)Oc2ccc(C#N)cc2OC)c1C. The van der Waals surface area contributed by atoms with Crippen LogP contribution in [-0.4, -0.2) is 36.6 Å². The van der Waals surface area contributed by atoms with E-state index in [9.17, 15) is 9.59 Å². The van der Waals surface area contributed by atoms with Crippen LogP contribution in [0.25, 0.3) is 0 Å². The van der Waals surface area contributed by atoms with Gasteiger partial charge in [0.1, 0.15) is 0 Å². The lowest BCUT2D eigenvalue weighted by molar-refractivity contribution is 0.0525. The molecule has 7 heteroatoms. The van der Waals surface area contributed by atoms with Crippen LogP contribution in [0.5, 0.6) is 11.5 Å². The first-order valence-electron chi connectivity index (χ1n) is 8.49. The number of esters is 1. The lowest BCUT2D eigenvalue weighted by Gasteiger charge is -2.16. The van der Waals surface area contributed by atoms with Crippen LogP contribution in [0.15, 0.2) is 18.2 Å². The van der Waals surface area contributed by atoms with Gasteiger partial charge in [-0.15, -0.1) is 0 Å². The molecule has 0 amide bonds. The summed E-state index contributed by atoms with van der Waals surface area (Å²) in [6.45, 7) is 7.00. The maximum Gasteiger partial charge on any atom is 0.340 e. The second-order valence-electron chi connectivity index (χ2n) is 5.95. The molecular formula is C20H22N2O5. The van der Waals surface area contributed by atoms with Crippen molar-refractivity contribution in [2.24, 2.45) is 0 Å². The predicted molar refractivity (Wildman–Crippen MR) is 98.4 cm³/mol. The molecule has 1 aromatic carbocycles. The summed E-state index contributed by atoms with van der Waals surface area (Å²) in [5.41, 5.74) is 2.18. The van der Waals surface area contributed by atoms with Gasteiger partial charge in [0.15, 0.2) is 17.6 Å². The third kappa shape index (κ3) is 4.11. The number of nitriles is 1. The second-order valence-corrected chi connectivity index (χ2v) is 5.95. The van der Waals surface area contributed by atoms with Crippen molar-refractivity contribution >= 4 is 11.8 Å². The number of nitrogens with one attached hydrogen (secondary N) is 1. The molecule has 0 radical (unpaired) electrons. The number of H-pyrrole nitrogens is 1. The molecule has 0 aliphatic carbocycles. The topological polar surface area (TPSA) is 101 Å². The number of benzene rings is 1. The van der Waals surface area contributed by atoms with Crippen molar-refractivity contribution < 1.29 is 23.8 Å². The van der Waals surface area contributed by atoms with Gasteiger partial charge in [-0.05, 0) is 45.4 Å². The molecule has 7 nitrogen and oxygen atoms in total. The molecule has 0 aliphatic rings. The molecule has 2 aromatic rings. The van der Waals surface area contributed by atoms with Gasteiger partial charge in [0, 0.05) is 11.8 Å². The molecule has 1 atom stereocenters. The molecular weight excluding hydrogens is 348 g/mol. The van der Waals surface area contributed by atoms with E-state index in [0.29, 0.717) is 39.6 Å². The zero-order valence-corrected chi connectivity index (χ0v) is 16.0. The summed E-state index contributed by atoms with van der Waals surface area (Å²) in [5, 5.41) is 8.97. The molecule has 1 heterocycles. The first-order valence-corrected chi connectivity index (χ1v) is 8.49. The van der Waals surface area contributed by atoms with E-state index in [1.165, 1.54) is 13.2 Å². The summed E-state index contributed by atoms with van der Waals surface area (Å²) < 4.78 is 16.0. The van der Waals surface area contributed by atoms with Crippen molar-refractivity contribution in [2.75, 3.05) is 13.7 Å². The van der Waals surface area contributed by atoms with E-state index in [2.05, 4.69) is 4.98 Å². The minimum absolute atomic E-state index is 0.254. The highest BCUT2D eigenvalue weighted by atomic mass is 16.5. The van der Waals surface area contributed by atoms with Gasteiger partial charge in [0.05, 0.1) is 36.6 Å². The average Bonchev–Trinajstić information content (AvgIpc) is 2.95. The summed E-state index contributed by atoms with van der Waals surface area (Å²) in [5.74, 6) is -0.0631. The largest absolute Gasteiger partial charge is 0.493 e. The first-order chi connectivity index (χ1) is 12.8. The number of rotatable bonds is 7. The molecule has 0 aliphatic heterocycles. The number of methoxy groups -OCH3 is 1. The Balaban J connectivity index is 2.27. The Bertz CT molecular complexity index is 908. The van der Waals surface area contributed by atoms with Crippen LogP contribution in [-0.2, 0) is 4.74 Å². The number of hydrogen-bond donors (Lipinski definition) is 1. The second kappa shape index (κ2) is 8.41. The number of carbonyl (C=O) groups excluding carboxylic acids is 2. The minimum atomic E-state index is -0.835. The Kier molecular flexibility index (Phi) is 6.24. The lowest BCUT2D eigenvalue weighted by Crippen LogP contribution is -2.25. The maximum absolute atomic E-state index is 12.8. The molecule has 142 valence electrons. The molecule has 0 spiro atoms. The number of nitrogens with zero attached hydrogens (tertiary/aromatic N) is 1. The summed E-state index contributed by atoms with van der Waals surface area (Å²) in [4.78, 5) is 27.9. The van der Waals surface area contributed by atoms with Crippen LogP contribution in [0.1, 0.15) is 51.5 Å². The van der Waals surface area contributed by atoms with Crippen LogP contribution in [0.4, 0.5) is 0 Å². The molecule has 0 fully saturated rings. The smallest absolute Gasteiger partial charge is 0.340 e. The van der Waals surface area contributed by atoms with Crippen LogP contribution in [0.2, 0.25) is 0 Å². The number of hydrogen-bond acceptors (Lipinski definition) is 6. The molecule has 1 unspecified atom stereocenters. The van der Waals surface area contributed by atoms with E-state index >= 15 is 0 Å². The molecule has 0 saturated heterocycles. The zero-order valence-electron chi connectivity index (χ0n) is 16.0. The van der Waals surface area contributed by atoms with E-state index in [1.54, 1.807) is 39.8 Å². The molecule has 0 bridgehead atoms. The van der Waals surface area contributed by atoms with Crippen molar-refractivity contribution in [2.45, 2.75) is 33.8 Å². The Morgan fingerprint density at radius 2 is 1.96 bits per heavy atom. The standard InChI is InChI=1S/C20H22N2O5/c1-6-26-20(24)17-11(2)18(22-12(17)3)19(23)13(4)27-15-8-7-14(10-21)9-16(15)25-5/h7-9,13,22H,6H2,1-5H3. The van der Waals surface area contributed by atoms with Gasteiger partial charge < -0.3 is 19.2 Å². The normalized spacial score (nSPS) is 11.4. The number of aromatic amines is 1. The Morgan fingerprint density at radius 3 is 2.56 bits per heavy atom. The molecule has 1 N–H and O–H groups in total. The molecule has 2 rings (SSSR count). The first kappa shape index (κ1) is 20.0. The number of aryl methyl sites for hydroxylation is 1. The highest BCUT2D eigenvalue weighted by Crippen LogP contribution is 2.29. The number of ketones is 1. The zero-order chi connectivity index (χ0) is 20.1. The van der Waals surface area contributed by atoms with E-state index in [-0.39, 0.29) is 12.4 Å². The highest BCUT2D eigenvalue weighted by Gasteiger charge is 2.27. The van der Waals surface area contributed by atoms with Crippen molar-refractivity contribution in [1.82, 2.24) is 4.98 Å². The van der Waals surface area contributed by atoms with Crippen LogP contribution in [0.3, 0.4) is 0 Å². The van der Waals surface area contributed by atoms with Gasteiger partial charge in [-0.2, -0.15) is 5.26 Å². The van der Waals surface area contributed by atoms with E-state index in [1.807, 2.05) is 6.07 Å². The fraction of sp³-hybridized carbons (Fsp3) is 0.350. The number of ether oxygens (including phenoxy) is 3. The Labute approximate surface area is 157 Å². The maximum atomic E-state index is 12.8. The van der Waals surface area contributed by atoms with Crippen molar-refractivity contribution in [3.63, 3.8) is 0 Å². The fourth-order valence-electron chi connectivity index (χ4n) is 2.79. The quantitative estimate of drug-likeness (QED) is 0.592. The monoisotopic (exact) mass is 370 g/mol. The Hall–Kier alpha value is -3.27.